The lowest BCUT2D eigenvalue weighted by molar-refractivity contribution is -0.116. The van der Waals surface area contributed by atoms with E-state index in [1.807, 2.05) is 0 Å². The van der Waals surface area contributed by atoms with Crippen molar-refractivity contribution in [2.45, 2.75) is 47.0 Å². The molecule has 0 atom stereocenters. The van der Waals surface area contributed by atoms with Crippen molar-refractivity contribution in [2.75, 3.05) is 0 Å². The van der Waals surface area contributed by atoms with E-state index in [4.69, 9.17) is 0 Å². The topological polar surface area (TPSA) is 17.1 Å². The molecule has 1 nitrogen and oxygen atoms in total. The fourth-order valence-corrected chi connectivity index (χ4v) is 2.18. The number of ketones is 1. The number of hydrogen-bond donors (Lipinski definition) is 0. The first-order valence-electron chi connectivity index (χ1n) is 5.30. The molecule has 74 valence electrons. The fourth-order valence-electron chi connectivity index (χ4n) is 2.18. The average molecular weight is 180 g/mol. The molecule has 0 aliphatic heterocycles. The highest BCUT2D eigenvalue weighted by Gasteiger charge is 2.23. The molecule has 0 spiro atoms. The van der Waals surface area contributed by atoms with Crippen molar-refractivity contribution in [3.05, 3.63) is 11.1 Å². The van der Waals surface area contributed by atoms with Gasteiger partial charge in [0.1, 0.15) is 0 Å². The Labute approximate surface area is 81.2 Å². The fraction of sp³-hybridized carbons (Fsp3) is 0.750. The molecule has 0 amide bonds. The minimum atomic E-state index is 0.393. The van der Waals surface area contributed by atoms with Crippen LogP contribution in [0.25, 0.3) is 0 Å². The molecular weight excluding hydrogens is 160 g/mol. The lowest BCUT2D eigenvalue weighted by Crippen LogP contribution is -2.18. The van der Waals surface area contributed by atoms with Gasteiger partial charge in [-0.05, 0) is 30.3 Å². The number of Topliss-reactive ketones (excluding diaryl/α,β-unsaturated/α-hetero) is 1. The summed E-state index contributed by atoms with van der Waals surface area (Å²) in [4.78, 5) is 11.7. The largest absolute Gasteiger partial charge is 0.295 e. The van der Waals surface area contributed by atoms with Crippen molar-refractivity contribution in [3.8, 4) is 0 Å². The van der Waals surface area contributed by atoms with Crippen LogP contribution in [0, 0.1) is 11.8 Å². The summed E-state index contributed by atoms with van der Waals surface area (Å²) in [6.07, 6.45) is 2.96. The van der Waals surface area contributed by atoms with Gasteiger partial charge in [0.25, 0.3) is 0 Å². The zero-order chi connectivity index (χ0) is 10.0. The van der Waals surface area contributed by atoms with Gasteiger partial charge in [0.15, 0.2) is 5.78 Å². The Kier molecular flexibility index (Phi) is 3.29. The lowest BCUT2D eigenvalue weighted by atomic mass is 9.80. The molecule has 0 unspecified atom stereocenters. The summed E-state index contributed by atoms with van der Waals surface area (Å²) >= 11 is 0. The summed E-state index contributed by atoms with van der Waals surface area (Å²) in [6.45, 7) is 8.63. The van der Waals surface area contributed by atoms with Gasteiger partial charge in [0, 0.05) is 6.42 Å². The van der Waals surface area contributed by atoms with Crippen LogP contribution in [0.5, 0.6) is 0 Å². The third-order valence-corrected chi connectivity index (χ3v) is 2.77. The Hall–Kier alpha value is -0.590. The predicted octanol–water partition coefficient (Wildman–Crippen LogP) is 3.35. The van der Waals surface area contributed by atoms with Crippen molar-refractivity contribution < 1.29 is 4.79 Å². The lowest BCUT2D eigenvalue weighted by Gasteiger charge is -2.24. The number of carbonyl (C=O) groups excluding carboxylic acids is 1. The van der Waals surface area contributed by atoms with Gasteiger partial charge in [-0.25, -0.2) is 0 Å². The van der Waals surface area contributed by atoms with E-state index in [0.717, 1.165) is 24.8 Å². The van der Waals surface area contributed by atoms with E-state index in [1.54, 1.807) is 0 Å². The second-order valence-corrected chi connectivity index (χ2v) is 4.53. The normalized spacial score (nSPS) is 19.1. The van der Waals surface area contributed by atoms with Crippen molar-refractivity contribution in [3.63, 3.8) is 0 Å². The van der Waals surface area contributed by atoms with Crippen LogP contribution in [0.2, 0.25) is 0 Å². The molecule has 1 aliphatic rings. The maximum Gasteiger partial charge on any atom is 0.159 e. The number of carbonyl (C=O) groups is 1. The minimum Gasteiger partial charge on any atom is -0.295 e. The van der Waals surface area contributed by atoms with E-state index < -0.39 is 0 Å². The Morgan fingerprint density at radius 3 is 2.00 bits per heavy atom. The Morgan fingerprint density at radius 1 is 1.00 bits per heavy atom. The van der Waals surface area contributed by atoms with Crippen LogP contribution < -0.4 is 0 Å². The van der Waals surface area contributed by atoms with Crippen molar-refractivity contribution in [1.29, 1.82) is 0 Å². The zero-order valence-corrected chi connectivity index (χ0v) is 9.18. The monoisotopic (exact) mass is 180 g/mol. The molecule has 1 heteroatoms. The summed E-state index contributed by atoms with van der Waals surface area (Å²) in [5, 5.41) is 0. The van der Waals surface area contributed by atoms with Crippen LogP contribution in [-0.4, -0.2) is 5.78 Å². The van der Waals surface area contributed by atoms with E-state index >= 15 is 0 Å². The van der Waals surface area contributed by atoms with Gasteiger partial charge in [0.05, 0.1) is 0 Å². The van der Waals surface area contributed by atoms with Crippen molar-refractivity contribution >= 4 is 5.78 Å². The van der Waals surface area contributed by atoms with Crippen LogP contribution in [0.3, 0.4) is 0 Å². The molecular formula is C12H20O. The standard InChI is InChI=1S/C12H20O/c1-8(2)10-6-5-7-11(13)12(10)9(3)4/h8-9H,5-7H2,1-4H3. The van der Waals surface area contributed by atoms with Crippen LogP contribution in [0.15, 0.2) is 11.1 Å². The Balaban J connectivity index is 3.04. The van der Waals surface area contributed by atoms with Crippen LogP contribution in [0.4, 0.5) is 0 Å². The molecule has 0 aromatic heterocycles. The molecule has 0 aromatic carbocycles. The predicted molar refractivity (Wildman–Crippen MR) is 55.6 cm³/mol. The molecule has 0 aromatic rings. The molecule has 0 bridgehead atoms. The van der Waals surface area contributed by atoms with E-state index in [-0.39, 0.29) is 0 Å². The zero-order valence-electron chi connectivity index (χ0n) is 9.18. The van der Waals surface area contributed by atoms with Crippen molar-refractivity contribution in [2.24, 2.45) is 11.8 Å². The first kappa shape index (κ1) is 10.5. The summed E-state index contributed by atoms with van der Waals surface area (Å²) < 4.78 is 0. The van der Waals surface area contributed by atoms with E-state index in [9.17, 15) is 4.79 Å². The number of hydrogen-bond acceptors (Lipinski definition) is 1. The highest BCUT2D eigenvalue weighted by Crippen LogP contribution is 2.31. The molecule has 0 saturated heterocycles. The number of allylic oxidation sites excluding steroid dienone is 2. The first-order valence-corrected chi connectivity index (χ1v) is 5.30. The van der Waals surface area contributed by atoms with Gasteiger partial charge in [-0.1, -0.05) is 33.3 Å². The Morgan fingerprint density at radius 2 is 1.62 bits per heavy atom. The van der Waals surface area contributed by atoms with Gasteiger partial charge in [-0.15, -0.1) is 0 Å². The highest BCUT2D eigenvalue weighted by molar-refractivity contribution is 5.97. The summed E-state index contributed by atoms with van der Waals surface area (Å²) in [5.41, 5.74) is 2.53. The molecule has 0 radical (unpaired) electrons. The third-order valence-electron chi connectivity index (χ3n) is 2.77. The SMILES string of the molecule is CC(C)C1=C(C(C)C)C(=O)CCC1. The van der Waals surface area contributed by atoms with E-state index in [1.165, 1.54) is 5.57 Å². The molecule has 0 N–H and O–H groups in total. The van der Waals surface area contributed by atoms with Crippen molar-refractivity contribution in [1.82, 2.24) is 0 Å². The van der Waals surface area contributed by atoms with Crippen LogP contribution in [-0.2, 0) is 4.79 Å². The number of rotatable bonds is 2. The van der Waals surface area contributed by atoms with Gasteiger partial charge < -0.3 is 0 Å². The molecule has 0 heterocycles. The first-order chi connectivity index (χ1) is 6.04. The van der Waals surface area contributed by atoms with Gasteiger partial charge in [-0.3, -0.25) is 4.79 Å². The highest BCUT2D eigenvalue weighted by atomic mass is 16.1. The quantitative estimate of drug-likeness (QED) is 0.637. The van der Waals surface area contributed by atoms with Gasteiger partial charge >= 0.3 is 0 Å². The Bertz CT molecular complexity index is 234. The summed E-state index contributed by atoms with van der Waals surface area (Å²) in [5.74, 6) is 1.34. The molecule has 13 heavy (non-hydrogen) atoms. The third kappa shape index (κ3) is 2.20. The van der Waals surface area contributed by atoms with Gasteiger partial charge in [0.2, 0.25) is 0 Å². The summed E-state index contributed by atoms with van der Waals surface area (Å²) in [7, 11) is 0. The maximum atomic E-state index is 11.7. The van der Waals surface area contributed by atoms with Gasteiger partial charge in [-0.2, -0.15) is 0 Å². The van der Waals surface area contributed by atoms with E-state index in [2.05, 4.69) is 27.7 Å². The maximum absolute atomic E-state index is 11.7. The minimum absolute atomic E-state index is 0.393. The molecule has 1 aliphatic carbocycles. The van der Waals surface area contributed by atoms with E-state index in [0.29, 0.717) is 17.6 Å². The molecule has 1 rings (SSSR count). The average Bonchev–Trinajstić information content (AvgIpc) is 2.02. The molecule has 0 fully saturated rings. The van der Waals surface area contributed by atoms with Crippen LogP contribution in [0.1, 0.15) is 47.0 Å². The molecule has 0 saturated carbocycles. The summed E-state index contributed by atoms with van der Waals surface area (Å²) in [6, 6.07) is 0. The smallest absolute Gasteiger partial charge is 0.159 e. The second kappa shape index (κ2) is 4.08. The second-order valence-electron chi connectivity index (χ2n) is 4.53. The van der Waals surface area contributed by atoms with Crippen LogP contribution >= 0.6 is 0 Å².